The molecule has 110 valence electrons. The number of hydrogen-bond acceptors (Lipinski definition) is 4. The normalized spacial score (nSPS) is 25.4. The van der Waals surface area contributed by atoms with E-state index < -0.39 is 0 Å². The fourth-order valence-electron chi connectivity index (χ4n) is 2.86. The molecule has 0 spiro atoms. The quantitative estimate of drug-likeness (QED) is 0.463. The van der Waals surface area contributed by atoms with Gasteiger partial charge in [0, 0.05) is 0 Å². The molecule has 1 aliphatic carbocycles. The molecule has 3 atom stereocenters. The van der Waals surface area contributed by atoms with Crippen LogP contribution in [0.15, 0.2) is 0 Å². The summed E-state index contributed by atoms with van der Waals surface area (Å²) >= 11 is 4.05. The Labute approximate surface area is 121 Å². The van der Waals surface area contributed by atoms with Crippen molar-refractivity contribution in [3.05, 3.63) is 0 Å². The lowest BCUT2D eigenvalue weighted by Gasteiger charge is -2.37. The van der Waals surface area contributed by atoms with Gasteiger partial charge in [0.15, 0.2) is 0 Å². The van der Waals surface area contributed by atoms with Crippen molar-refractivity contribution in [3.63, 3.8) is 0 Å². The summed E-state index contributed by atoms with van der Waals surface area (Å²) in [5.41, 5.74) is 0.338. The Bertz CT molecular complexity index is 315. The molecule has 0 N–H and O–H groups in total. The summed E-state index contributed by atoms with van der Waals surface area (Å²) in [6, 6.07) is 0. The van der Waals surface area contributed by atoms with Gasteiger partial charge in [-0.3, -0.25) is 4.79 Å². The Morgan fingerprint density at radius 3 is 2.79 bits per heavy atom. The molecule has 1 aliphatic rings. The second-order valence-electron chi connectivity index (χ2n) is 6.47. The number of ether oxygens (including phenoxy) is 1. The lowest BCUT2D eigenvalue weighted by atomic mass is 9.68. The Balaban J connectivity index is 2.37. The summed E-state index contributed by atoms with van der Waals surface area (Å²) in [5, 5.41) is -0.336. The molecule has 19 heavy (non-hydrogen) atoms. The molecule has 0 heterocycles. The van der Waals surface area contributed by atoms with E-state index >= 15 is 0 Å². The van der Waals surface area contributed by atoms with E-state index in [1.165, 1.54) is 12.8 Å². The SMILES string of the molecule is CC(C(=O)OCCC(S)C=O)C1CCCC(C)(C)C1. The molecule has 0 bridgehead atoms. The first-order valence-corrected chi connectivity index (χ1v) is 7.67. The minimum Gasteiger partial charge on any atom is -0.465 e. The second-order valence-corrected chi connectivity index (χ2v) is 7.13. The van der Waals surface area contributed by atoms with Crippen LogP contribution in [0.3, 0.4) is 0 Å². The van der Waals surface area contributed by atoms with E-state index in [-0.39, 0.29) is 23.7 Å². The topological polar surface area (TPSA) is 43.4 Å². The molecule has 0 radical (unpaired) electrons. The van der Waals surface area contributed by atoms with E-state index in [1.54, 1.807) is 0 Å². The minimum absolute atomic E-state index is 0.0471. The van der Waals surface area contributed by atoms with Gasteiger partial charge in [-0.25, -0.2) is 0 Å². The van der Waals surface area contributed by atoms with Gasteiger partial charge < -0.3 is 9.53 Å². The van der Waals surface area contributed by atoms with Crippen LogP contribution < -0.4 is 0 Å². The maximum Gasteiger partial charge on any atom is 0.308 e. The zero-order chi connectivity index (χ0) is 14.5. The van der Waals surface area contributed by atoms with Crippen molar-refractivity contribution in [2.24, 2.45) is 17.3 Å². The van der Waals surface area contributed by atoms with Gasteiger partial charge in [-0.15, -0.1) is 0 Å². The van der Waals surface area contributed by atoms with E-state index in [4.69, 9.17) is 4.74 Å². The number of aldehydes is 1. The lowest BCUT2D eigenvalue weighted by Crippen LogP contribution is -2.31. The largest absolute Gasteiger partial charge is 0.465 e. The van der Waals surface area contributed by atoms with Gasteiger partial charge in [0.1, 0.15) is 6.29 Å². The highest BCUT2D eigenvalue weighted by Gasteiger charge is 2.34. The Hall–Kier alpha value is -0.510. The highest BCUT2D eigenvalue weighted by Crippen LogP contribution is 2.41. The molecule has 1 saturated carbocycles. The van der Waals surface area contributed by atoms with Crippen LogP contribution in [0.25, 0.3) is 0 Å². The zero-order valence-electron chi connectivity index (χ0n) is 12.2. The summed E-state index contributed by atoms with van der Waals surface area (Å²) in [6.45, 7) is 6.79. The fraction of sp³-hybridized carbons (Fsp3) is 0.867. The standard InChI is InChI=1S/C15H26O3S/c1-11(12-5-4-7-15(2,3)9-12)14(17)18-8-6-13(19)10-16/h10-13,19H,4-9H2,1-3H3. The number of hydrogen-bond donors (Lipinski definition) is 1. The number of esters is 1. The van der Waals surface area contributed by atoms with E-state index in [0.717, 1.165) is 19.1 Å². The first kappa shape index (κ1) is 16.5. The van der Waals surface area contributed by atoms with Crippen LogP contribution in [0, 0.1) is 17.3 Å². The number of thiol groups is 1. The molecule has 0 aromatic heterocycles. The number of carbonyl (C=O) groups excluding carboxylic acids is 2. The molecule has 1 fully saturated rings. The lowest BCUT2D eigenvalue weighted by molar-refractivity contribution is -0.151. The van der Waals surface area contributed by atoms with Crippen LogP contribution in [0.4, 0.5) is 0 Å². The minimum atomic E-state index is -0.336. The van der Waals surface area contributed by atoms with Crippen molar-refractivity contribution < 1.29 is 14.3 Å². The van der Waals surface area contributed by atoms with Crippen LogP contribution in [-0.2, 0) is 14.3 Å². The van der Waals surface area contributed by atoms with Gasteiger partial charge >= 0.3 is 5.97 Å². The maximum absolute atomic E-state index is 12.0. The second kappa shape index (κ2) is 7.32. The van der Waals surface area contributed by atoms with Gasteiger partial charge in [-0.05, 0) is 37.0 Å². The van der Waals surface area contributed by atoms with Crippen molar-refractivity contribution in [2.75, 3.05) is 6.61 Å². The van der Waals surface area contributed by atoms with Crippen molar-refractivity contribution in [1.29, 1.82) is 0 Å². The predicted molar refractivity (Wildman–Crippen MR) is 79.3 cm³/mol. The zero-order valence-corrected chi connectivity index (χ0v) is 13.1. The molecule has 3 nitrogen and oxygen atoms in total. The molecular formula is C15H26O3S. The van der Waals surface area contributed by atoms with Crippen molar-refractivity contribution in [2.45, 2.75) is 58.1 Å². The van der Waals surface area contributed by atoms with Crippen molar-refractivity contribution in [1.82, 2.24) is 0 Å². The first-order valence-electron chi connectivity index (χ1n) is 7.16. The van der Waals surface area contributed by atoms with Crippen LogP contribution in [0.2, 0.25) is 0 Å². The average molecular weight is 286 g/mol. The summed E-state index contributed by atoms with van der Waals surface area (Å²) < 4.78 is 5.25. The third kappa shape index (κ3) is 5.55. The van der Waals surface area contributed by atoms with E-state index in [9.17, 15) is 9.59 Å². The molecule has 0 saturated heterocycles. The third-order valence-corrected chi connectivity index (χ3v) is 4.52. The van der Waals surface area contributed by atoms with Crippen LogP contribution in [-0.4, -0.2) is 24.1 Å². The average Bonchev–Trinajstić information content (AvgIpc) is 2.36. The molecule has 0 aliphatic heterocycles. The van der Waals surface area contributed by atoms with Crippen LogP contribution in [0.1, 0.15) is 52.9 Å². The smallest absolute Gasteiger partial charge is 0.308 e. The summed E-state index contributed by atoms with van der Waals surface area (Å²) in [4.78, 5) is 22.4. The highest BCUT2D eigenvalue weighted by atomic mass is 32.1. The molecule has 4 heteroatoms. The Kier molecular flexibility index (Phi) is 6.37. The molecule has 1 rings (SSSR count). The summed E-state index contributed by atoms with van der Waals surface area (Å²) in [7, 11) is 0. The number of carbonyl (C=O) groups is 2. The highest BCUT2D eigenvalue weighted by molar-refractivity contribution is 7.81. The number of rotatable bonds is 6. The van der Waals surface area contributed by atoms with Crippen LogP contribution >= 0.6 is 12.6 Å². The van der Waals surface area contributed by atoms with Gasteiger partial charge in [0.05, 0.1) is 17.8 Å². The van der Waals surface area contributed by atoms with Gasteiger partial charge in [-0.1, -0.05) is 27.2 Å². The maximum atomic E-state index is 12.0. The van der Waals surface area contributed by atoms with Crippen LogP contribution in [0.5, 0.6) is 0 Å². The molecule has 0 amide bonds. The van der Waals surface area contributed by atoms with E-state index in [2.05, 4.69) is 26.5 Å². The Morgan fingerprint density at radius 2 is 2.21 bits per heavy atom. The van der Waals surface area contributed by atoms with Crippen molar-refractivity contribution >= 4 is 24.9 Å². The summed E-state index contributed by atoms with van der Waals surface area (Å²) in [5.74, 6) is 0.248. The molecule has 3 unspecified atom stereocenters. The van der Waals surface area contributed by atoms with Gasteiger partial charge in [-0.2, -0.15) is 12.6 Å². The fourth-order valence-corrected chi connectivity index (χ4v) is 2.96. The van der Waals surface area contributed by atoms with Crippen molar-refractivity contribution in [3.8, 4) is 0 Å². The predicted octanol–water partition coefficient (Wildman–Crippen LogP) is 3.27. The summed E-state index contributed by atoms with van der Waals surface area (Å²) in [6.07, 6.45) is 5.90. The van der Waals surface area contributed by atoms with E-state index in [0.29, 0.717) is 17.8 Å². The molecule has 0 aromatic carbocycles. The Morgan fingerprint density at radius 1 is 1.53 bits per heavy atom. The third-order valence-electron chi connectivity index (χ3n) is 4.14. The molecular weight excluding hydrogens is 260 g/mol. The van der Waals surface area contributed by atoms with Gasteiger partial charge in [0.2, 0.25) is 0 Å². The first-order chi connectivity index (χ1) is 8.85. The molecule has 0 aromatic rings. The van der Waals surface area contributed by atoms with Gasteiger partial charge in [0.25, 0.3) is 0 Å². The monoisotopic (exact) mass is 286 g/mol. The van der Waals surface area contributed by atoms with E-state index in [1.807, 2.05) is 6.92 Å².